The minimum atomic E-state index is -3.59. The van der Waals surface area contributed by atoms with E-state index in [9.17, 15) is 8.42 Å². The summed E-state index contributed by atoms with van der Waals surface area (Å²) in [6.07, 6.45) is 0. The van der Waals surface area contributed by atoms with Gasteiger partial charge >= 0.3 is 0 Å². The summed E-state index contributed by atoms with van der Waals surface area (Å²) in [7, 11) is -3.59. The zero-order valence-corrected chi connectivity index (χ0v) is 14.9. The van der Waals surface area contributed by atoms with Gasteiger partial charge in [0.25, 0.3) is 0 Å². The molecule has 0 aliphatic carbocycles. The molecule has 0 saturated carbocycles. The largest absolute Gasteiger partial charge is 0.491 e. The van der Waals surface area contributed by atoms with E-state index in [4.69, 9.17) is 21.1 Å². The van der Waals surface area contributed by atoms with Gasteiger partial charge in [0.05, 0.1) is 11.5 Å². The van der Waals surface area contributed by atoms with Gasteiger partial charge in [-0.05, 0) is 48.9 Å². The Labute approximate surface area is 147 Å². The maximum absolute atomic E-state index is 12.3. The van der Waals surface area contributed by atoms with E-state index in [1.165, 1.54) is 12.1 Å². The van der Waals surface area contributed by atoms with Gasteiger partial charge in [-0.1, -0.05) is 23.7 Å². The Morgan fingerprint density at radius 2 is 1.83 bits per heavy atom. The fraction of sp³-hybridized carbons (Fsp3) is 0.294. The Morgan fingerprint density at radius 3 is 2.50 bits per heavy atom. The zero-order chi connectivity index (χ0) is 17.4. The smallest absolute Gasteiger partial charge is 0.240 e. The van der Waals surface area contributed by atoms with Crippen LogP contribution in [0.1, 0.15) is 12.5 Å². The highest BCUT2D eigenvalue weighted by molar-refractivity contribution is 7.89. The molecule has 0 atom stereocenters. The third kappa shape index (κ3) is 5.79. The maximum Gasteiger partial charge on any atom is 0.240 e. The summed E-state index contributed by atoms with van der Waals surface area (Å²) in [6.45, 7) is 3.65. The lowest BCUT2D eigenvalue weighted by molar-refractivity contribution is 0.110. The van der Waals surface area contributed by atoms with Crippen LogP contribution < -0.4 is 9.46 Å². The number of benzene rings is 2. The molecular weight excluding hydrogens is 350 g/mol. The minimum absolute atomic E-state index is 0.176. The van der Waals surface area contributed by atoms with Gasteiger partial charge in [0.15, 0.2) is 0 Å². The zero-order valence-electron chi connectivity index (χ0n) is 13.4. The molecule has 1 N–H and O–H groups in total. The summed E-state index contributed by atoms with van der Waals surface area (Å²) in [5, 5.41) is 0.570. The average molecular weight is 370 g/mol. The maximum atomic E-state index is 12.3. The second-order valence-electron chi connectivity index (χ2n) is 4.97. The van der Waals surface area contributed by atoms with E-state index in [1.807, 2.05) is 13.0 Å². The van der Waals surface area contributed by atoms with Crippen molar-refractivity contribution in [2.24, 2.45) is 0 Å². The van der Waals surface area contributed by atoms with Crippen LogP contribution >= 0.6 is 11.6 Å². The fourth-order valence-corrected chi connectivity index (χ4v) is 3.22. The first-order valence-electron chi connectivity index (χ1n) is 7.56. The molecule has 2 aromatic carbocycles. The van der Waals surface area contributed by atoms with E-state index in [1.54, 1.807) is 30.3 Å². The monoisotopic (exact) mass is 369 g/mol. The molecule has 0 fully saturated rings. The van der Waals surface area contributed by atoms with Crippen molar-refractivity contribution in [1.29, 1.82) is 0 Å². The molecule has 2 aromatic rings. The molecule has 5 nitrogen and oxygen atoms in total. The van der Waals surface area contributed by atoms with E-state index in [0.717, 1.165) is 5.56 Å². The van der Waals surface area contributed by atoms with Gasteiger partial charge in [0.2, 0.25) is 10.0 Å². The highest BCUT2D eigenvalue weighted by Gasteiger charge is 2.13. The normalized spacial score (nSPS) is 11.4. The highest BCUT2D eigenvalue weighted by Crippen LogP contribution is 2.17. The lowest BCUT2D eigenvalue weighted by Gasteiger charge is -2.09. The van der Waals surface area contributed by atoms with Crippen molar-refractivity contribution in [3.05, 3.63) is 59.1 Å². The number of nitrogens with one attached hydrogen (secondary N) is 1. The van der Waals surface area contributed by atoms with E-state index < -0.39 is 10.0 Å². The summed E-state index contributed by atoms with van der Waals surface area (Å²) in [4.78, 5) is 0.182. The van der Waals surface area contributed by atoms with Gasteiger partial charge in [0, 0.05) is 18.2 Å². The van der Waals surface area contributed by atoms with Gasteiger partial charge in [0.1, 0.15) is 12.4 Å². The Hall–Kier alpha value is -1.60. The molecule has 0 amide bonds. The third-order valence-electron chi connectivity index (χ3n) is 3.19. The summed E-state index contributed by atoms with van der Waals surface area (Å²) >= 11 is 5.89. The van der Waals surface area contributed by atoms with Crippen LogP contribution in [0, 0.1) is 0 Å². The standard InChI is InChI=1S/C17H20ClNO4S/c1-2-22-10-11-23-16-6-8-17(9-7-16)24(20,21)19-13-14-4-3-5-15(18)12-14/h3-9,12,19H,2,10-11,13H2,1H3. The van der Waals surface area contributed by atoms with Gasteiger partial charge in [-0.2, -0.15) is 0 Å². The number of hydrogen-bond donors (Lipinski definition) is 1. The van der Waals surface area contributed by atoms with Crippen molar-refractivity contribution in [1.82, 2.24) is 4.72 Å². The Kier molecular flexibility index (Phi) is 7.05. The molecule has 0 radical (unpaired) electrons. The summed E-state index contributed by atoms with van der Waals surface area (Å²) in [5.41, 5.74) is 0.793. The first-order chi connectivity index (χ1) is 11.5. The molecule has 0 saturated heterocycles. The quantitative estimate of drug-likeness (QED) is 0.689. The molecule has 24 heavy (non-hydrogen) atoms. The van der Waals surface area contributed by atoms with Crippen molar-refractivity contribution in [2.75, 3.05) is 19.8 Å². The lowest BCUT2D eigenvalue weighted by atomic mass is 10.2. The molecule has 7 heteroatoms. The average Bonchev–Trinajstić information content (AvgIpc) is 2.58. The summed E-state index contributed by atoms with van der Waals surface area (Å²) in [6, 6.07) is 13.3. The van der Waals surface area contributed by atoms with Gasteiger partial charge in [-0.25, -0.2) is 13.1 Å². The fourth-order valence-electron chi connectivity index (χ4n) is 1.99. The Morgan fingerprint density at radius 1 is 1.08 bits per heavy atom. The molecule has 0 spiro atoms. The number of ether oxygens (including phenoxy) is 2. The van der Waals surface area contributed by atoms with Crippen LogP contribution in [0.5, 0.6) is 5.75 Å². The minimum Gasteiger partial charge on any atom is -0.491 e. The number of hydrogen-bond acceptors (Lipinski definition) is 4. The van der Waals surface area contributed by atoms with Crippen LogP contribution in [-0.4, -0.2) is 28.2 Å². The molecule has 0 aliphatic heterocycles. The van der Waals surface area contributed by atoms with Crippen molar-refractivity contribution in [2.45, 2.75) is 18.4 Å². The molecule has 2 rings (SSSR count). The lowest BCUT2D eigenvalue weighted by Crippen LogP contribution is -2.23. The highest BCUT2D eigenvalue weighted by atomic mass is 35.5. The third-order valence-corrected chi connectivity index (χ3v) is 4.84. The predicted octanol–water partition coefficient (Wildman–Crippen LogP) is 3.23. The SMILES string of the molecule is CCOCCOc1ccc(S(=O)(=O)NCc2cccc(Cl)c2)cc1. The van der Waals surface area contributed by atoms with Crippen molar-refractivity contribution in [3.63, 3.8) is 0 Å². The van der Waals surface area contributed by atoms with Crippen molar-refractivity contribution in [3.8, 4) is 5.75 Å². The van der Waals surface area contributed by atoms with E-state index in [2.05, 4.69) is 4.72 Å². The van der Waals surface area contributed by atoms with Crippen LogP contribution in [0.3, 0.4) is 0 Å². The molecule has 0 unspecified atom stereocenters. The molecule has 0 aliphatic rings. The van der Waals surface area contributed by atoms with Crippen LogP contribution in [0.4, 0.5) is 0 Å². The number of sulfonamides is 1. The molecule has 130 valence electrons. The second kappa shape index (κ2) is 9.03. The first-order valence-corrected chi connectivity index (χ1v) is 9.42. The van der Waals surface area contributed by atoms with Crippen LogP contribution in [0.25, 0.3) is 0 Å². The topological polar surface area (TPSA) is 64.6 Å². The summed E-state index contributed by atoms with van der Waals surface area (Å²) in [5.74, 6) is 0.600. The predicted molar refractivity (Wildman–Crippen MR) is 93.9 cm³/mol. The molecule has 0 aromatic heterocycles. The van der Waals surface area contributed by atoms with E-state index >= 15 is 0 Å². The van der Waals surface area contributed by atoms with Gasteiger partial charge in [-0.15, -0.1) is 0 Å². The van der Waals surface area contributed by atoms with Crippen molar-refractivity contribution >= 4 is 21.6 Å². The van der Waals surface area contributed by atoms with Gasteiger partial charge in [-0.3, -0.25) is 0 Å². The molecule has 0 heterocycles. The van der Waals surface area contributed by atoms with Crippen LogP contribution in [-0.2, 0) is 21.3 Å². The Bertz CT molecular complexity index is 747. The summed E-state index contributed by atoms with van der Waals surface area (Å²) < 4.78 is 37.8. The Balaban J connectivity index is 1.94. The van der Waals surface area contributed by atoms with Crippen LogP contribution in [0.2, 0.25) is 5.02 Å². The van der Waals surface area contributed by atoms with Crippen LogP contribution in [0.15, 0.2) is 53.4 Å². The van der Waals surface area contributed by atoms with Gasteiger partial charge < -0.3 is 9.47 Å². The van der Waals surface area contributed by atoms with E-state index in [0.29, 0.717) is 30.6 Å². The number of rotatable bonds is 9. The molecule has 0 bridgehead atoms. The second-order valence-corrected chi connectivity index (χ2v) is 7.17. The molecular formula is C17H20ClNO4S. The van der Waals surface area contributed by atoms with Crippen molar-refractivity contribution < 1.29 is 17.9 Å². The number of halogens is 1. The van der Waals surface area contributed by atoms with E-state index in [-0.39, 0.29) is 11.4 Å². The first kappa shape index (κ1) is 18.7.